The number of rotatable bonds is 21. The number of amides is 3. The molecule has 5 N–H and O–H groups in total. The van der Waals surface area contributed by atoms with Gasteiger partial charge in [0.15, 0.2) is 5.76 Å². The summed E-state index contributed by atoms with van der Waals surface area (Å²) in [5.41, 5.74) is 0.741. The minimum absolute atomic E-state index is 0.00346. The van der Waals surface area contributed by atoms with Gasteiger partial charge in [0.2, 0.25) is 19.1 Å². The fraction of sp³-hybridized carbons (Fsp3) is 0.412. The highest BCUT2D eigenvalue weighted by atomic mass is 31.2. The van der Waals surface area contributed by atoms with E-state index >= 15 is 0 Å². The number of unbranched alkanes of at least 4 members (excludes halogenated alkanes) is 2. The van der Waals surface area contributed by atoms with Crippen LogP contribution in [0.5, 0.6) is 11.5 Å². The van der Waals surface area contributed by atoms with E-state index in [0.29, 0.717) is 24.8 Å². The predicted molar refractivity (Wildman–Crippen MR) is 183 cm³/mol. The van der Waals surface area contributed by atoms with Gasteiger partial charge in [0.25, 0.3) is 5.91 Å². The summed E-state index contributed by atoms with van der Waals surface area (Å²) in [7, 11) is -4.62. The van der Waals surface area contributed by atoms with Crippen molar-refractivity contribution in [3.63, 3.8) is 0 Å². The number of hydrogen-bond donors (Lipinski definition) is 5. The fourth-order valence-corrected chi connectivity index (χ4v) is 5.97. The minimum Gasteiger partial charge on any atom is -0.494 e. The third-order valence-corrected chi connectivity index (χ3v) is 8.76. The van der Waals surface area contributed by atoms with Crippen LogP contribution in [-0.4, -0.2) is 70.4 Å². The van der Waals surface area contributed by atoms with Crippen molar-refractivity contribution in [1.82, 2.24) is 15.7 Å². The number of nitrogens with zero attached hydrogens (tertiary/aromatic N) is 1. The molecule has 0 bridgehead atoms. The number of hydroxylamine groups is 2. The molecule has 0 spiro atoms. The third-order valence-electron chi connectivity index (χ3n) is 7.83. The second-order valence-corrected chi connectivity index (χ2v) is 12.9. The first-order chi connectivity index (χ1) is 24.4. The molecule has 3 rings (SSSR count). The molecule has 51 heavy (non-hydrogen) atoms. The lowest BCUT2D eigenvalue weighted by Crippen LogP contribution is -2.49. The van der Waals surface area contributed by atoms with Gasteiger partial charge >= 0.3 is 13.6 Å². The molecule has 1 aromatic heterocycles. The maximum Gasteiger partial charge on any atom is 0.367 e. The molecular formula is C34H44N3O13P. The van der Waals surface area contributed by atoms with Crippen LogP contribution in [0.25, 0.3) is 11.3 Å². The van der Waals surface area contributed by atoms with Gasteiger partial charge in [-0.05, 0) is 68.7 Å². The normalized spacial score (nSPS) is 12.4. The lowest BCUT2D eigenvalue weighted by molar-refractivity contribution is -0.278. The van der Waals surface area contributed by atoms with Gasteiger partial charge in [0.05, 0.1) is 30.5 Å². The van der Waals surface area contributed by atoms with Crippen LogP contribution in [0.3, 0.4) is 0 Å². The van der Waals surface area contributed by atoms with E-state index in [-0.39, 0.29) is 59.1 Å². The van der Waals surface area contributed by atoms with Crippen molar-refractivity contribution in [3.8, 4) is 22.8 Å². The lowest BCUT2D eigenvalue weighted by atomic mass is 9.90. The molecular weight excluding hydrogens is 689 g/mol. The molecule has 2 aromatic carbocycles. The molecule has 16 nitrogen and oxygen atoms in total. The first-order valence-electron chi connectivity index (χ1n) is 16.3. The largest absolute Gasteiger partial charge is 0.494 e. The van der Waals surface area contributed by atoms with E-state index in [1.54, 1.807) is 32.9 Å². The molecule has 2 atom stereocenters. The summed E-state index contributed by atoms with van der Waals surface area (Å²) in [5, 5.41) is 14.4. The summed E-state index contributed by atoms with van der Waals surface area (Å²) >= 11 is 0. The van der Waals surface area contributed by atoms with Gasteiger partial charge in [-0.3, -0.25) is 18.9 Å². The van der Waals surface area contributed by atoms with Crippen molar-refractivity contribution in [2.75, 3.05) is 20.1 Å². The van der Waals surface area contributed by atoms with E-state index in [1.807, 2.05) is 6.92 Å². The Hall–Kier alpha value is -4.73. The molecule has 278 valence electrons. The number of carbonyl (C=O) groups excluding carboxylic acids is 4. The van der Waals surface area contributed by atoms with Crippen molar-refractivity contribution >= 4 is 37.1 Å². The van der Waals surface area contributed by atoms with E-state index in [2.05, 4.69) is 15.5 Å². The molecule has 0 aliphatic heterocycles. The van der Waals surface area contributed by atoms with E-state index in [0.717, 1.165) is 17.9 Å². The summed E-state index contributed by atoms with van der Waals surface area (Å²) in [4.78, 5) is 80.8. The second-order valence-electron chi connectivity index (χ2n) is 11.3. The Labute approximate surface area is 295 Å². The molecule has 3 aromatic rings. The first-order valence-corrected chi connectivity index (χ1v) is 17.9. The Balaban J connectivity index is 1.73. The molecule has 0 aliphatic rings. The number of ether oxygens (including phenoxy) is 2. The lowest BCUT2D eigenvalue weighted by Gasteiger charge is -2.32. The van der Waals surface area contributed by atoms with Gasteiger partial charge in [-0.2, -0.15) is 9.95 Å². The molecule has 1 heterocycles. The Morgan fingerprint density at radius 1 is 1.02 bits per heavy atom. The zero-order valence-electron chi connectivity index (χ0n) is 28.8. The number of aryl methyl sites for hydroxylation is 1. The molecule has 0 fully saturated rings. The van der Waals surface area contributed by atoms with Gasteiger partial charge in [-0.15, -0.1) is 0 Å². The van der Waals surface area contributed by atoms with Gasteiger partial charge in [0.1, 0.15) is 22.8 Å². The van der Waals surface area contributed by atoms with Gasteiger partial charge < -0.3 is 39.1 Å². The SMILES string of the molecule is CCCCC[C@@H](C(=O)NCNC(=O)c1ccc(-c2cc(OCC)cc(P(=O)(O)O)c2)o1)[C@@H](CC)N(C=O)OC(=O)c1c(C)cccc1OCOO. The molecule has 0 aliphatic carbocycles. The molecule has 0 saturated heterocycles. The average molecular weight is 734 g/mol. The highest BCUT2D eigenvalue weighted by Gasteiger charge is 2.34. The summed E-state index contributed by atoms with van der Waals surface area (Å²) in [6, 6.07) is 10.7. The molecule has 3 amide bonds. The van der Waals surface area contributed by atoms with Crippen molar-refractivity contribution in [3.05, 3.63) is 65.4 Å². The molecule has 17 heteroatoms. The highest BCUT2D eigenvalue weighted by Crippen LogP contribution is 2.37. The third kappa shape index (κ3) is 11.4. The Morgan fingerprint density at radius 3 is 2.43 bits per heavy atom. The summed E-state index contributed by atoms with van der Waals surface area (Å²) < 4.78 is 28.3. The topological polar surface area (TPSA) is 223 Å². The van der Waals surface area contributed by atoms with Crippen LogP contribution in [0.4, 0.5) is 0 Å². The van der Waals surface area contributed by atoms with Crippen LogP contribution < -0.4 is 25.4 Å². The van der Waals surface area contributed by atoms with E-state index < -0.39 is 44.1 Å². The van der Waals surface area contributed by atoms with Crippen molar-refractivity contribution < 1.29 is 62.4 Å². The average Bonchev–Trinajstić information content (AvgIpc) is 3.60. The zero-order chi connectivity index (χ0) is 37.6. The van der Waals surface area contributed by atoms with Crippen molar-refractivity contribution in [1.29, 1.82) is 0 Å². The van der Waals surface area contributed by atoms with Gasteiger partial charge in [-0.1, -0.05) is 45.2 Å². The van der Waals surface area contributed by atoms with Gasteiger partial charge in [0, 0.05) is 5.56 Å². The fourth-order valence-electron chi connectivity index (χ4n) is 5.36. The standard InChI is InChI=1S/C34H44N3O13P/c1-5-8-9-12-26(27(6-2)37(20-38)50-34(41)31-22(4)11-10-13-29(31)47-21-48-42)32(39)35-19-36-33(40)30-15-14-28(49-30)23-16-24(46-7-3)18-25(17-23)51(43,44)45/h10-11,13-18,20,26-27,42H,5-9,12,19,21H2,1-4H3,(H,35,39)(H,36,40)(H2,43,44,45)/t26-,27-/m1/s1. The number of furan rings is 1. The van der Waals surface area contributed by atoms with Crippen LogP contribution >= 0.6 is 7.60 Å². The number of carbonyl (C=O) groups is 4. The van der Waals surface area contributed by atoms with Crippen LogP contribution in [0, 0.1) is 12.8 Å². The Bertz CT molecular complexity index is 1690. The maximum atomic E-state index is 13.5. The highest BCUT2D eigenvalue weighted by molar-refractivity contribution is 7.60. The predicted octanol–water partition coefficient (Wildman–Crippen LogP) is 4.29. The summed E-state index contributed by atoms with van der Waals surface area (Å²) in [6.07, 6.45) is 3.21. The molecule has 0 unspecified atom stereocenters. The van der Waals surface area contributed by atoms with Crippen LogP contribution in [0.15, 0.2) is 52.9 Å². The van der Waals surface area contributed by atoms with Gasteiger partial charge in [-0.25, -0.2) is 10.1 Å². The van der Waals surface area contributed by atoms with Crippen molar-refractivity contribution in [2.24, 2.45) is 5.92 Å². The van der Waals surface area contributed by atoms with E-state index in [9.17, 15) is 33.5 Å². The number of hydrogen-bond acceptors (Lipinski definition) is 11. The second kappa shape index (κ2) is 19.6. The summed E-state index contributed by atoms with van der Waals surface area (Å²) in [5.74, 6) is -2.66. The Kier molecular flexibility index (Phi) is 15.6. The molecule has 0 saturated carbocycles. The van der Waals surface area contributed by atoms with Crippen LogP contribution in [0.2, 0.25) is 0 Å². The zero-order valence-corrected chi connectivity index (χ0v) is 29.7. The van der Waals surface area contributed by atoms with Crippen molar-refractivity contribution in [2.45, 2.75) is 65.8 Å². The summed E-state index contributed by atoms with van der Waals surface area (Å²) in [6.45, 7) is 6.47. The van der Waals surface area contributed by atoms with E-state index in [4.69, 9.17) is 24.0 Å². The molecule has 0 radical (unpaired) electrons. The Morgan fingerprint density at radius 2 is 1.78 bits per heavy atom. The number of nitrogens with one attached hydrogen (secondary N) is 2. The monoisotopic (exact) mass is 733 g/mol. The van der Waals surface area contributed by atoms with Crippen LogP contribution in [-0.2, 0) is 23.9 Å². The quantitative estimate of drug-likeness (QED) is 0.0258. The smallest absolute Gasteiger partial charge is 0.367 e. The van der Waals surface area contributed by atoms with E-state index in [1.165, 1.54) is 36.4 Å². The first kappa shape index (κ1) is 40.7. The van der Waals surface area contributed by atoms with Crippen LogP contribution in [0.1, 0.15) is 79.4 Å². The minimum atomic E-state index is -4.62. The number of benzene rings is 2. The maximum absolute atomic E-state index is 13.5.